The number of carbonyl (C=O) groups is 1. The summed E-state index contributed by atoms with van der Waals surface area (Å²) in [4.78, 5) is 11.1. The summed E-state index contributed by atoms with van der Waals surface area (Å²) in [5.41, 5.74) is 0.494. The van der Waals surface area contributed by atoms with Gasteiger partial charge in [0.2, 0.25) is 0 Å². The molecule has 0 bridgehead atoms. The molecule has 1 aliphatic rings. The highest BCUT2D eigenvalue weighted by Crippen LogP contribution is 2.21. The van der Waals surface area contributed by atoms with Crippen LogP contribution in [0.25, 0.3) is 0 Å². The first-order chi connectivity index (χ1) is 6.17. The van der Waals surface area contributed by atoms with Crippen molar-refractivity contribution in [3.05, 3.63) is 11.6 Å². The molecule has 2 atom stereocenters. The molecule has 0 spiro atoms. The van der Waals surface area contributed by atoms with Gasteiger partial charge in [-0.05, 0) is 6.08 Å². The molecule has 1 N–H and O–H groups in total. The van der Waals surface area contributed by atoms with E-state index in [4.69, 9.17) is 4.74 Å². The normalized spacial score (nSPS) is 28.1. The lowest BCUT2D eigenvalue weighted by molar-refractivity contribution is -0.137. The molecule has 74 valence electrons. The summed E-state index contributed by atoms with van der Waals surface area (Å²) >= 11 is 0. The van der Waals surface area contributed by atoms with E-state index in [0.29, 0.717) is 18.4 Å². The van der Waals surface area contributed by atoms with E-state index in [1.54, 1.807) is 7.11 Å². The lowest BCUT2D eigenvalue weighted by Gasteiger charge is -2.23. The van der Waals surface area contributed by atoms with Crippen molar-refractivity contribution in [2.45, 2.75) is 25.0 Å². The standard InChI is InChI=1S/C9H14O4/c1-12-8-4-6(9(11)13-2)3-7(10)5-8/h3,7-8,10H,4-5H2,1-2H3/t7-,8+/m1/s1. The second kappa shape index (κ2) is 4.39. The van der Waals surface area contributed by atoms with Crippen LogP contribution < -0.4 is 0 Å². The molecule has 0 aromatic heterocycles. The smallest absolute Gasteiger partial charge is 0.333 e. The van der Waals surface area contributed by atoms with E-state index in [1.807, 2.05) is 0 Å². The predicted octanol–water partition coefficient (Wildman–Crippen LogP) is 0.255. The van der Waals surface area contributed by atoms with Gasteiger partial charge < -0.3 is 14.6 Å². The highest BCUT2D eigenvalue weighted by atomic mass is 16.5. The number of hydrogen-bond donors (Lipinski definition) is 1. The van der Waals surface area contributed by atoms with Crippen molar-refractivity contribution in [2.24, 2.45) is 0 Å². The lowest BCUT2D eigenvalue weighted by Crippen LogP contribution is -2.26. The SMILES string of the molecule is COC(=O)C1=C[C@@H](O)C[C@@H](OC)C1. The second-order valence-corrected chi connectivity index (χ2v) is 3.05. The summed E-state index contributed by atoms with van der Waals surface area (Å²) in [6.45, 7) is 0. The average molecular weight is 186 g/mol. The van der Waals surface area contributed by atoms with Crippen LogP contribution in [0, 0.1) is 0 Å². The average Bonchev–Trinajstić information content (AvgIpc) is 2.15. The van der Waals surface area contributed by atoms with Crippen LogP contribution in [0.3, 0.4) is 0 Å². The summed E-state index contributed by atoms with van der Waals surface area (Å²) in [6.07, 6.45) is 1.89. The molecule has 1 aliphatic carbocycles. The molecule has 0 saturated heterocycles. The molecular weight excluding hydrogens is 172 g/mol. The van der Waals surface area contributed by atoms with E-state index in [0.717, 1.165) is 0 Å². The van der Waals surface area contributed by atoms with E-state index in [9.17, 15) is 9.90 Å². The Kier molecular flexibility index (Phi) is 3.45. The minimum absolute atomic E-state index is 0.0888. The fourth-order valence-electron chi connectivity index (χ4n) is 1.43. The van der Waals surface area contributed by atoms with Gasteiger partial charge in [-0.25, -0.2) is 4.79 Å². The molecular formula is C9H14O4. The summed E-state index contributed by atoms with van der Waals surface area (Å²) in [5, 5.41) is 9.36. The minimum Gasteiger partial charge on any atom is -0.466 e. The first-order valence-electron chi connectivity index (χ1n) is 4.17. The Hall–Kier alpha value is -0.870. The van der Waals surface area contributed by atoms with Gasteiger partial charge >= 0.3 is 5.97 Å². The lowest BCUT2D eigenvalue weighted by atomic mass is 9.95. The van der Waals surface area contributed by atoms with Crippen LogP contribution in [0.1, 0.15) is 12.8 Å². The van der Waals surface area contributed by atoms with Gasteiger partial charge in [-0.3, -0.25) is 0 Å². The first kappa shape index (κ1) is 10.2. The van der Waals surface area contributed by atoms with Crippen molar-refractivity contribution >= 4 is 5.97 Å². The molecule has 0 aromatic rings. The predicted molar refractivity (Wildman–Crippen MR) is 46.1 cm³/mol. The minimum atomic E-state index is -0.604. The van der Waals surface area contributed by atoms with Gasteiger partial charge in [0.05, 0.1) is 19.3 Å². The quantitative estimate of drug-likeness (QED) is 0.628. The molecule has 0 fully saturated rings. The number of aliphatic hydroxyl groups is 1. The molecule has 0 aliphatic heterocycles. The first-order valence-corrected chi connectivity index (χ1v) is 4.17. The van der Waals surface area contributed by atoms with Gasteiger partial charge in [0, 0.05) is 25.5 Å². The molecule has 4 heteroatoms. The summed E-state index contributed by atoms with van der Waals surface area (Å²) in [5.74, 6) is -0.388. The topological polar surface area (TPSA) is 55.8 Å². The van der Waals surface area contributed by atoms with E-state index in [1.165, 1.54) is 13.2 Å². The Morgan fingerprint density at radius 3 is 2.85 bits per heavy atom. The van der Waals surface area contributed by atoms with Gasteiger partial charge in [0.25, 0.3) is 0 Å². The Morgan fingerprint density at radius 2 is 2.31 bits per heavy atom. The van der Waals surface area contributed by atoms with Crippen molar-refractivity contribution in [1.29, 1.82) is 0 Å². The van der Waals surface area contributed by atoms with Crippen LogP contribution in [-0.4, -0.2) is 37.5 Å². The number of aliphatic hydroxyl groups excluding tert-OH is 1. The Morgan fingerprint density at radius 1 is 1.62 bits per heavy atom. The van der Waals surface area contributed by atoms with Crippen LogP contribution in [0.2, 0.25) is 0 Å². The van der Waals surface area contributed by atoms with E-state index < -0.39 is 6.10 Å². The number of ether oxygens (including phenoxy) is 2. The maximum atomic E-state index is 11.1. The molecule has 1 rings (SSSR count). The Balaban J connectivity index is 2.68. The Bertz CT molecular complexity index is 222. The van der Waals surface area contributed by atoms with Gasteiger partial charge in [-0.15, -0.1) is 0 Å². The zero-order valence-electron chi connectivity index (χ0n) is 7.82. The van der Waals surface area contributed by atoms with Crippen LogP contribution in [0.15, 0.2) is 11.6 Å². The zero-order chi connectivity index (χ0) is 9.84. The summed E-state index contributed by atoms with van der Waals surface area (Å²) in [6, 6.07) is 0. The largest absolute Gasteiger partial charge is 0.466 e. The fraction of sp³-hybridized carbons (Fsp3) is 0.667. The summed E-state index contributed by atoms with van der Waals surface area (Å²) in [7, 11) is 2.89. The van der Waals surface area contributed by atoms with E-state index >= 15 is 0 Å². The zero-order valence-corrected chi connectivity index (χ0v) is 7.82. The van der Waals surface area contributed by atoms with Crippen LogP contribution in [0.5, 0.6) is 0 Å². The van der Waals surface area contributed by atoms with E-state index in [2.05, 4.69) is 4.74 Å². The number of hydrogen-bond acceptors (Lipinski definition) is 4. The molecule has 4 nitrogen and oxygen atoms in total. The van der Waals surface area contributed by atoms with Crippen LogP contribution in [0.4, 0.5) is 0 Å². The molecule has 0 unspecified atom stereocenters. The monoisotopic (exact) mass is 186 g/mol. The molecule has 0 amide bonds. The van der Waals surface area contributed by atoms with Crippen molar-refractivity contribution in [3.8, 4) is 0 Å². The molecule has 0 radical (unpaired) electrons. The number of rotatable bonds is 2. The van der Waals surface area contributed by atoms with Crippen molar-refractivity contribution in [1.82, 2.24) is 0 Å². The molecule has 0 aromatic carbocycles. The third-order valence-corrected chi connectivity index (χ3v) is 2.13. The second-order valence-electron chi connectivity index (χ2n) is 3.05. The highest BCUT2D eigenvalue weighted by Gasteiger charge is 2.24. The van der Waals surface area contributed by atoms with Gasteiger partial charge in [0.15, 0.2) is 0 Å². The number of carbonyl (C=O) groups excluding carboxylic acids is 1. The van der Waals surface area contributed by atoms with E-state index in [-0.39, 0.29) is 12.1 Å². The third kappa shape index (κ3) is 2.54. The maximum Gasteiger partial charge on any atom is 0.333 e. The van der Waals surface area contributed by atoms with Gasteiger partial charge in [-0.2, -0.15) is 0 Å². The third-order valence-electron chi connectivity index (χ3n) is 2.13. The molecule has 0 saturated carbocycles. The highest BCUT2D eigenvalue weighted by molar-refractivity contribution is 5.88. The van der Waals surface area contributed by atoms with Crippen molar-refractivity contribution in [3.63, 3.8) is 0 Å². The van der Waals surface area contributed by atoms with Crippen molar-refractivity contribution in [2.75, 3.05) is 14.2 Å². The Labute approximate surface area is 77.1 Å². The fourth-order valence-corrected chi connectivity index (χ4v) is 1.43. The molecule has 13 heavy (non-hydrogen) atoms. The van der Waals surface area contributed by atoms with Crippen molar-refractivity contribution < 1.29 is 19.4 Å². The number of esters is 1. The summed E-state index contributed by atoms with van der Waals surface area (Å²) < 4.78 is 9.63. The van der Waals surface area contributed by atoms with Gasteiger partial charge in [-0.1, -0.05) is 0 Å². The van der Waals surface area contributed by atoms with Gasteiger partial charge in [0.1, 0.15) is 0 Å². The van der Waals surface area contributed by atoms with Crippen LogP contribution in [-0.2, 0) is 14.3 Å². The molecule has 0 heterocycles. The maximum absolute atomic E-state index is 11.1. The number of methoxy groups -OCH3 is 2. The van der Waals surface area contributed by atoms with Crippen LogP contribution >= 0.6 is 0 Å².